The molecule has 1 N–H and O–H groups in total. The number of aromatic nitrogens is 3. The van der Waals surface area contributed by atoms with Crippen molar-refractivity contribution in [1.29, 1.82) is 0 Å². The summed E-state index contributed by atoms with van der Waals surface area (Å²) in [7, 11) is 0. The highest BCUT2D eigenvalue weighted by Crippen LogP contribution is 2.23. The first-order chi connectivity index (χ1) is 8.16. The number of nitrogens with zero attached hydrogens (tertiary/aromatic N) is 3. The zero-order valence-electron chi connectivity index (χ0n) is 9.74. The molecule has 0 spiro atoms. The number of pyridine rings is 1. The first-order valence-corrected chi connectivity index (χ1v) is 5.67. The monoisotopic (exact) mass is 248 g/mol. The molecule has 0 aromatic carbocycles. The number of hydrogen-bond donors (Lipinski definition) is 1. The van der Waals surface area contributed by atoms with E-state index in [1.807, 2.05) is 26.0 Å². The van der Waals surface area contributed by atoms with Crippen LogP contribution in [0.25, 0.3) is 0 Å². The molecule has 0 aliphatic rings. The van der Waals surface area contributed by atoms with Crippen LogP contribution in [0.5, 0.6) is 0 Å². The third kappa shape index (κ3) is 2.91. The maximum absolute atomic E-state index is 6.13. The smallest absolute Gasteiger partial charge is 0.115 e. The van der Waals surface area contributed by atoms with Crippen molar-refractivity contribution in [1.82, 2.24) is 15.0 Å². The maximum atomic E-state index is 6.13. The van der Waals surface area contributed by atoms with Crippen molar-refractivity contribution in [3.05, 3.63) is 46.8 Å². The average molecular weight is 249 g/mol. The first-order valence-electron chi connectivity index (χ1n) is 5.29. The topological polar surface area (TPSA) is 50.7 Å². The summed E-state index contributed by atoms with van der Waals surface area (Å²) in [6, 6.07) is 3.79. The summed E-state index contributed by atoms with van der Waals surface area (Å²) in [4.78, 5) is 12.3. The molecule has 2 rings (SSSR count). The lowest BCUT2D eigenvalue weighted by Gasteiger charge is -2.09. The average Bonchev–Trinajstić information content (AvgIpc) is 2.31. The highest BCUT2D eigenvalue weighted by Gasteiger charge is 2.03. The van der Waals surface area contributed by atoms with Crippen molar-refractivity contribution >= 4 is 17.3 Å². The Hall–Kier alpha value is -1.68. The quantitative estimate of drug-likeness (QED) is 0.908. The molecule has 0 unspecified atom stereocenters. The van der Waals surface area contributed by atoms with Gasteiger partial charge in [0.25, 0.3) is 0 Å². The van der Waals surface area contributed by atoms with Crippen LogP contribution in [-0.4, -0.2) is 15.0 Å². The van der Waals surface area contributed by atoms with Crippen molar-refractivity contribution in [2.24, 2.45) is 0 Å². The molecule has 17 heavy (non-hydrogen) atoms. The summed E-state index contributed by atoms with van der Waals surface area (Å²) in [5.74, 6) is 0. The fourth-order valence-electron chi connectivity index (χ4n) is 1.48. The van der Waals surface area contributed by atoms with E-state index in [0.717, 1.165) is 22.8 Å². The number of rotatable bonds is 3. The van der Waals surface area contributed by atoms with E-state index in [4.69, 9.17) is 11.6 Å². The SMILES string of the molecule is Cc1cc(CNc2ccnc(C)c2Cl)ncn1. The Kier molecular flexibility index (Phi) is 3.54. The van der Waals surface area contributed by atoms with E-state index in [1.54, 1.807) is 12.5 Å². The largest absolute Gasteiger partial charge is 0.378 e. The minimum atomic E-state index is 0.618. The molecule has 0 atom stereocenters. The minimum Gasteiger partial charge on any atom is -0.378 e. The highest BCUT2D eigenvalue weighted by molar-refractivity contribution is 6.33. The lowest BCUT2D eigenvalue weighted by Crippen LogP contribution is -2.03. The van der Waals surface area contributed by atoms with Gasteiger partial charge in [-0.3, -0.25) is 4.98 Å². The molecule has 2 aromatic heterocycles. The van der Waals surface area contributed by atoms with E-state index in [-0.39, 0.29) is 0 Å². The Morgan fingerprint density at radius 2 is 2.06 bits per heavy atom. The van der Waals surface area contributed by atoms with Crippen LogP contribution < -0.4 is 5.32 Å². The Balaban J connectivity index is 2.10. The number of aryl methyl sites for hydroxylation is 2. The van der Waals surface area contributed by atoms with Gasteiger partial charge in [0.05, 0.1) is 28.6 Å². The van der Waals surface area contributed by atoms with Gasteiger partial charge < -0.3 is 5.32 Å². The molecule has 0 bridgehead atoms. The predicted molar refractivity (Wildman–Crippen MR) is 68.1 cm³/mol. The Labute approximate surface area is 105 Å². The number of hydrogen-bond acceptors (Lipinski definition) is 4. The van der Waals surface area contributed by atoms with Gasteiger partial charge in [0.15, 0.2) is 0 Å². The van der Waals surface area contributed by atoms with E-state index in [0.29, 0.717) is 11.6 Å². The normalized spacial score (nSPS) is 10.3. The fourth-order valence-corrected chi connectivity index (χ4v) is 1.66. The first kappa shape index (κ1) is 11.8. The summed E-state index contributed by atoms with van der Waals surface area (Å²) in [5, 5.41) is 3.89. The molecule has 0 fully saturated rings. The third-order valence-electron chi connectivity index (χ3n) is 2.38. The van der Waals surface area contributed by atoms with Crippen LogP contribution in [0.3, 0.4) is 0 Å². The molecule has 0 saturated heterocycles. The van der Waals surface area contributed by atoms with Gasteiger partial charge in [-0.05, 0) is 26.0 Å². The molecular formula is C12H13ClN4. The van der Waals surface area contributed by atoms with Gasteiger partial charge in [-0.2, -0.15) is 0 Å². The summed E-state index contributed by atoms with van der Waals surface area (Å²) in [5.41, 5.74) is 3.57. The summed E-state index contributed by atoms with van der Waals surface area (Å²) < 4.78 is 0. The van der Waals surface area contributed by atoms with E-state index in [2.05, 4.69) is 20.3 Å². The van der Waals surface area contributed by atoms with Crippen molar-refractivity contribution in [2.75, 3.05) is 5.32 Å². The number of halogens is 1. The van der Waals surface area contributed by atoms with E-state index < -0.39 is 0 Å². The molecule has 4 nitrogen and oxygen atoms in total. The lowest BCUT2D eigenvalue weighted by atomic mass is 10.3. The van der Waals surface area contributed by atoms with Gasteiger partial charge in [0.2, 0.25) is 0 Å². The summed E-state index contributed by atoms with van der Waals surface area (Å²) in [6.45, 7) is 4.43. The van der Waals surface area contributed by atoms with Crippen LogP contribution in [0.4, 0.5) is 5.69 Å². The Morgan fingerprint density at radius 3 is 2.82 bits per heavy atom. The van der Waals surface area contributed by atoms with Gasteiger partial charge >= 0.3 is 0 Å². The molecule has 0 amide bonds. The summed E-state index contributed by atoms with van der Waals surface area (Å²) >= 11 is 6.13. The van der Waals surface area contributed by atoms with Gasteiger partial charge in [-0.25, -0.2) is 9.97 Å². The van der Waals surface area contributed by atoms with Crippen LogP contribution in [-0.2, 0) is 6.54 Å². The zero-order valence-corrected chi connectivity index (χ0v) is 10.5. The van der Waals surface area contributed by atoms with Crippen LogP contribution in [0.2, 0.25) is 5.02 Å². The molecule has 0 saturated carbocycles. The molecule has 0 radical (unpaired) electrons. The van der Waals surface area contributed by atoms with E-state index >= 15 is 0 Å². The lowest BCUT2D eigenvalue weighted by molar-refractivity contribution is 0.981. The molecule has 5 heteroatoms. The van der Waals surface area contributed by atoms with Crippen LogP contribution >= 0.6 is 11.6 Å². The van der Waals surface area contributed by atoms with Crippen molar-refractivity contribution in [3.63, 3.8) is 0 Å². The molecule has 2 aromatic rings. The zero-order chi connectivity index (χ0) is 12.3. The molecule has 0 aliphatic carbocycles. The number of nitrogens with one attached hydrogen (secondary N) is 1. The van der Waals surface area contributed by atoms with Crippen LogP contribution in [0, 0.1) is 13.8 Å². The van der Waals surface area contributed by atoms with Crippen molar-refractivity contribution in [2.45, 2.75) is 20.4 Å². The van der Waals surface area contributed by atoms with Gasteiger partial charge in [-0.1, -0.05) is 11.6 Å². The Morgan fingerprint density at radius 1 is 1.24 bits per heavy atom. The highest BCUT2D eigenvalue weighted by atomic mass is 35.5. The third-order valence-corrected chi connectivity index (χ3v) is 2.86. The minimum absolute atomic E-state index is 0.618. The van der Waals surface area contributed by atoms with Crippen molar-refractivity contribution < 1.29 is 0 Å². The molecule has 0 aliphatic heterocycles. The second-order valence-electron chi connectivity index (χ2n) is 3.76. The second kappa shape index (κ2) is 5.10. The second-order valence-corrected chi connectivity index (χ2v) is 4.14. The fraction of sp³-hybridized carbons (Fsp3) is 0.250. The van der Waals surface area contributed by atoms with E-state index in [9.17, 15) is 0 Å². The number of anilines is 1. The van der Waals surface area contributed by atoms with Gasteiger partial charge in [0, 0.05) is 11.9 Å². The maximum Gasteiger partial charge on any atom is 0.115 e. The molecular weight excluding hydrogens is 236 g/mol. The van der Waals surface area contributed by atoms with Gasteiger partial charge in [0.1, 0.15) is 6.33 Å². The predicted octanol–water partition coefficient (Wildman–Crippen LogP) is 2.75. The van der Waals surface area contributed by atoms with E-state index in [1.165, 1.54) is 0 Å². The van der Waals surface area contributed by atoms with Gasteiger partial charge in [-0.15, -0.1) is 0 Å². The van der Waals surface area contributed by atoms with Crippen LogP contribution in [0.15, 0.2) is 24.7 Å². The molecule has 88 valence electrons. The standard InChI is InChI=1S/C12H13ClN4/c1-8-5-10(17-7-16-8)6-15-11-3-4-14-9(2)12(11)13/h3-5,7H,6H2,1-2H3,(H,14,15). The summed E-state index contributed by atoms with van der Waals surface area (Å²) in [6.07, 6.45) is 3.29. The molecule has 2 heterocycles. The Bertz CT molecular complexity index is 528. The van der Waals surface area contributed by atoms with Crippen LogP contribution in [0.1, 0.15) is 17.1 Å². The van der Waals surface area contributed by atoms with Crippen molar-refractivity contribution in [3.8, 4) is 0 Å².